The zero-order valence-electron chi connectivity index (χ0n) is 23.1. The Balaban J connectivity index is 1.37. The van der Waals surface area contributed by atoms with Gasteiger partial charge >= 0.3 is 0 Å². The van der Waals surface area contributed by atoms with E-state index in [0.717, 1.165) is 5.56 Å². The van der Waals surface area contributed by atoms with E-state index in [1.54, 1.807) is 42.5 Å². The van der Waals surface area contributed by atoms with Gasteiger partial charge in [-0.3, -0.25) is 9.59 Å². The van der Waals surface area contributed by atoms with Gasteiger partial charge in [0.25, 0.3) is 11.8 Å². The minimum atomic E-state index is -0.423. The summed E-state index contributed by atoms with van der Waals surface area (Å²) >= 11 is 3.48. The van der Waals surface area contributed by atoms with Gasteiger partial charge in [0.05, 0.1) is 24.4 Å². The number of hydrazone groups is 1. The second-order valence-electron chi connectivity index (χ2n) is 8.80. The molecule has 4 rings (SSSR count). The van der Waals surface area contributed by atoms with Crippen molar-refractivity contribution < 1.29 is 28.5 Å². The van der Waals surface area contributed by atoms with E-state index < -0.39 is 5.91 Å². The molecule has 0 aromatic heterocycles. The third kappa shape index (κ3) is 8.58. The first-order valence-corrected chi connectivity index (χ1v) is 13.9. The summed E-state index contributed by atoms with van der Waals surface area (Å²) in [5.41, 5.74) is 5.20. The molecule has 0 fully saturated rings. The number of methoxy groups -OCH3 is 1. The van der Waals surface area contributed by atoms with Crippen LogP contribution in [0.2, 0.25) is 0 Å². The summed E-state index contributed by atoms with van der Waals surface area (Å²) in [6.45, 7) is 2.38. The fourth-order valence-corrected chi connectivity index (χ4v) is 4.39. The molecule has 4 aromatic carbocycles. The number of ether oxygens (including phenoxy) is 4. The van der Waals surface area contributed by atoms with Gasteiger partial charge in [0, 0.05) is 11.3 Å². The largest absolute Gasteiger partial charge is 0.493 e. The lowest BCUT2D eigenvalue weighted by molar-refractivity contribution is -0.118. The molecule has 0 aliphatic carbocycles. The van der Waals surface area contributed by atoms with E-state index in [0.29, 0.717) is 57.5 Å². The van der Waals surface area contributed by atoms with Gasteiger partial charge in [-0.2, -0.15) is 5.10 Å². The molecule has 0 unspecified atom stereocenters. The van der Waals surface area contributed by atoms with Crippen molar-refractivity contribution in [2.75, 3.05) is 25.6 Å². The number of rotatable bonds is 13. The second kappa shape index (κ2) is 15.2. The lowest BCUT2D eigenvalue weighted by Gasteiger charge is -2.14. The van der Waals surface area contributed by atoms with Crippen LogP contribution in [0.3, 0.4) is 0 Å². The van der Waals surface area contributed by atoms with Crippen LogP contribution in [0, 0.1) is 0 Å². The molecular formula is C32H30BrN3O6. The molecule has 10 heteroatoms. The van der Waals surface area contributed by atoms with Crippen molar-refractivity contribution in [3.05, 3.63) is 112 Å². The van der Waals surface area contributed by atoms with Gasteiger partial charge in [0.15, 0.2) is 29.6 Å². The highest BCUT2D eigenvalue weighted by molar-refractivity contribution is 9.10. The number of anilines is 1. The second-order valence-corrected chi connectivity index (χ2v) is 9.66. The van der Waals surface area contributed by atoms with Crippen LogP contribution in [0.15, 0.2) is 101 Å². The van der Waals surface area contributed by atoms with Crippen LogP contribution in [0.4, 0.5) is 5.69 Å². The van der Waals surface area contributed by atoms with E-state index in [4.69, 9.17) is 18.9 Å². The van der Waals surface area contributed by atoms with Crippen molar-refractivity contribution in [1.82, 2.24) is 5.43 Å². The lowest BCUT2D eigenvalue weighted by Crippen LogP contribution is -2.20. The van der Waals surface area contributed by atoms with Crippen LogP contribution in [-0.4, -0.2) is 38.4 Å². The molecule has 0 saturated heterocycles. The van der Waals surface area contributed by atoms with Gasteiger partial charge in [-0.05, 0) is 76.4 Å². The Kier molecular flexibility index (Phi) is 10.9. The summed E-state index contributed by atoms with van der Waals surface area (Å²) < 4.78 is 23.3. The van der Waals surface area contributed by atoms with Crippen LogP contribution >= 0.6 is 15.9 Å². The minimum absolute atomic E-state index is 0.212. The summed E-state index contributed by atoms with van der Waals surface area (Å²) in [6.07, 6.45) is 1.48. The number of hydrogen-bond acceptors (Lipinski definition) is 7. The normalized spacial score (nSPS) is 10.6. The highest BCUT2D eigenvalue weighted by atomic mass is 79.9. The molecule has 0 heterocycles. The van der Waals surface area contributed by atoms with Crippen LogP contribution in [0.5, 0.6) is 23.0 Å². The number of benzene rings is 4. The van der Waals surface area contributed by atoms with E-state index in [2.05, 4.69) is 31.8 Å². The van der Waals surface area contributed by atoms with E-state index in [1.165, 1.54) is 13.3 Å². The SMILES string of the molecule is CCOc1cc(/C=N/NC(=O)c2ccc(OCc3ccccc3)c(OC)c2)cc(Br)c1OCC(=O)Nc1ccccc1. The van der Waals surface area contributed by atoms with Gasteiger partial charge in [0.2, 0.25) is 0 Å². The molecule has 4 aromatic rings. The summed E-state index contributed by atoms with van der Waals surface area (Å²) in [6, 6.07) is 27.2. The van der Waals surface area contributed by atoms with Gasteiger partial charge < -0.3 is 24.3 Å². The first-order chi connectivity index (χ1) is 20.5. The average Bonchev–Trinajstić information content (AvgIpc) is 3.00. The molecule has 2 N–H and O–H groups in total. The molecule has 0 bridgehead atoms. The van der Waals surface area contributed by atoms with E-state index >= 15 is 0 Å². The van der Waals surface area contributed by atoms with Crippen LogP contribution in [0.1, 0.15) is 28.4 Å². The van der Waals surface area contributed by atoms with Crippen molar-refractivity contribution in [2.24, 2.45) is 5.10 Å². The fourth-order valence-electron chi connectivity index (χ4n) is 3.82. The van der Waals surface area contributed by atoms with Crippen molar-refractivity contribution in [3.8, 4) is 23.0 Å². The molecular weight excluding hydrogens is 602 g/mol. The zero-order chi connectivity index (χ0) is 29.7. The Morgan fingerprint density at radius 3 is 2.31 bits per heavy atom. The number of para-hydroxylation sites is 1. The van der Waals surface area contributed by atoms with Crippen molar-refractivity contribution in [1.29, 1.82) is 0 Å². The quantitative estimate of drug-likeness (QED) is 0.134. The topological polar surface area (TPSA) is 107 Å². The maximum Gasteiger partial charge on any atom is 0.271 e. The first kappa shape index (κ1) is 30.1. The van der Waals surface area contributed by atoms with Crippen molar-refractivity contribution >= 4 is 39.6 Å². The Morgan fingerprint density at radius 2 is 1.60 bits per heavy atom. The van der Waals surface area contributed by atoms with Crippen LogP contribution in [-0.2, 0) is 11.4 Å². The maximum absolute atomic E-state index is 12.8. The minimum Gasteiger partial charge on any atom is -0.493 e. The number of nitrogens with one attached hydrogen (secondary N) is 2. The predicted octanol–water partition coefficient (Wildman–Crippen LogP) is 6.22. The third-order valence-corrected chi connectivity index (χ3v) is 6.37. The summed E-state index contributed by atoms with van der Waals surface area (Å²) in [5, 5.41) is 6.86. The zero-order valence-corrected chi connectivity index (χ0v) is 24.7. The summed E-state index contributed by atoms with van der Waals surface area (Å²) in [4.78, 5) is 25.1. The highest BCUT2D eigenvalue weighted by Crippen LogP contribution is 2.36. The van der Waals surface area contributed by atoms with Crippen LogP contribution in [0.25, 0.3) is 0 Å². The molecule has 216 valence electrons. The third-order valence-electron chi connectivity index (χ3n) is 5.78. The number of halogens is 1. The molecule has 0 aliphatic heterocycles. The molecule has 0 radical (unpaired) electrons. The smallest absolute Gasteiger partial charge is 0.271 e. The monoisotopic (exact) mass is 631 g/mol. The lowest BCUT2D eigenvalue weighted by atomic mass is 10.2. The number of carbonyl (C=O) groups excluding carboxylic acids is 2. The number of carbonyl (C=O) groups is 2. The number of hydrogen-bond donors (Lipinski definition) is 2. The van der Waals surface area contributed by atoms with Crippen molar-refractivity contribution in [2.45, 2.75) is 13.5 Å². The number of nitrogens with zero attached hydrogens (tertiary/aromatic N) is 1. The molecule has 0 aliphatic rings. The highest BCUT2D eigenvalue weighted by Gasteiger charge is 2.15. The van der Waals surface area contributed by atoms with E-state index in [1.807, 2.05) is 55.5 Å². The Morgan fingerprint density at radius 1 is 0.857 bits per heavy atom. The molecule has 0 spiro atoms. The van der Waals surface area contributed by atoms with Gasteiger partial charge in [0.1, 0.15) is 6.61 Å². The maximum atomic E-state index is 12.8. The Hall–Kier alpha value is -4.83. The first-order valence-electron chi connectivity index (χ1n) is 13.1. The summed E-state index contributed by atoms with van der Waals surface area (Å²) in [5.74, 6) is 1.02. The van der Waals surface area contributed by atoms with Gasteiger partial charge in [-0.1, -0.05) is 48.5 Å². The average molecular weight is 633 g/mol. The number of amides is 2. The van der Waals surface area contributed by atoms with E-state index in [9.17, 15) is 9.59 Å². The molecule has 0 atom stereocenters. The van der Waals surface area contributed by atoms with E-state index in [-0.39, 0.29) is 12.5 Å². The van der Waals surface area contributed by atoms with Gasteiger partial charge in [-0.15, -0.1) is 0 Å². The molecule has 0 saturated carbocycles. The molecule has 42 heavy (non-hydrogen) atoms. The summed E-state index contributed by atoms with van der Waals surface area (Å²) in [7, 11) is 1.52. The predicted molar refractivity (Wildman–Crippen MR) is 165 cm³/mol. The standard InChI is InChI=1S/C32H30BrN3O6/c1-3-40-29-17-23(16-26(33)31(29)42-21-30(37)35-25-12-8-5-9-13-25)19-34-36-32(38)24-14-15-27(28(18-24)39-2)41-20-22-10-6-4-7-11-22/h4-19H,3,20-21H2,1-2H3,(H,35,37)(H,36,38)/b34-19+. The van der Waals surface area contributed by atoms with Crippen LogP contribution < -0.4 is 29.7 Å². The van der Waals surface area contributed by atoms with Crippen molar-refractivity contribution in [3.63, 3.8) is 0 Å². The molecule has 9 nitrogen and oxygen atoms in total. The molecule has 2 amide bonds. The van der Waals surface area contributed by atoms with Gasteiger partial charge in [-0.25, -0.2) is 5.43 Å². The Bertz CT molecular complexity index is 1530. The fraction of sp³-hybridized carbons (Fsp3) is 0.156. The Labute approximate surface area is 252 Å².